The van der Waals surface area contributed by atoms with E-state index in [2.05, 4.69) is 13.8 Å². The molecule has 0 aliphatic carbocycles. The molecule has 3 rings (SSSR count). The number of carbonyl (C=O) groups excluding carboxylic acids is 2. The fraction of sp³-hybridized carbons (Fsp3) is 0.500. The summed E-state index contributed by atoms with van der Waals surface area (Å²) in [6.07, 6.45) is 1.05. The number of likely N-dealkylation sites (tertiary alicyclic amines) is 1. The van der Waals surface area contributed by atoms with Crippen LogP contribution in [0.2, 0.25) is 0 Å². The first-order valence-electron chi connectivity index (χ1n) is 7.38. The molecule has 1 aromatic carbocycles. The van der Waals surface area contributed by atoms with Crippen LogP contribution in [0.3, 0.4) is 0 Å². The van der Waals surface area contributed by atoms with Crippen LogP contribution < -0.4 is 4.90 Å². The van der Waals surface area contributed by atoms with E-state index in [0.717, 1.165) is 23.5 Å². The Morgan fingerprint density at radius 1 is 1.33 bits per heavy atom. The van der Waals surface area contributed by atoms with Crippen molar-refractivity contribution in [2.75, 3.05) is 23.7 Å². The molecule has 1 saturated heterocycles. The lowest BCUT2D eigenvalue weighted by Crippen LogP contribution is -2.46. The van der Waals surface area contributed by atoms with Crippen molar-refractivity contribution < 1.29 is 9.59 Å². The van der Waals surface area contributed by atoms with Gasteiger partial charge in [0.05, 0.1) is 11.4 Å². The number of fused-ring (bicyclic) bond motifs is 1. The third-order valence-corrected chi connectivity index (χ3v) is 5.25. The number of carbonyl (C=O) groups is 2. The van der Waals surface area contributed by atoms with Crippen molar-refractivity contribution in [2.24, 2.45) is 5.92 Å². The topological polar surface area (TPSA) is 40.6 Å². The van der Waals surface area contributed by atoms with Gasteiger partial charge in [0.1, 0.15) is 6.54 Å². The third kappa shape index (κ3) is 2.79. The van der Waals surface area contributed by atoms with E-state index in [9.17, 15) is 9.59 Å². The Kier molecular flexibility index (Phi) is 3.93. The molecule has 2 amide bonds. The van der Waals surface area contributed by atoms with Gasteiger partial charge in [-0.25, -0.2) is 0 Å². The van der Waals surface area contributed by atoms with Gasteiger partial charge in [-0.1, -0.05) is 19.1 Å². The van der Waals surface area contributed by atoms with Gasteiger partial charge < -0.3 is 9.80 Å². The van der Waals surface area contributed by atoms with Crippen LogP contribution in [-0.4, -0.2) is 41.6 Å². The number of amides is 2. The van der Waals surface area contributed by atoms with E-state index in [1.165, 1.54) is 0 Å². The molecule has 2 aliphatic heterocycles. The molecule has 2 heterocycles. The lowest BCUT2D eigenvalue weighted by Gasteiger charge is -2.31. The normalized spacial score (nSPS) is 25.1. The number of para-hydroxylation sites is 1. The van der Waals surface area contributed by atoms with Crippen molar-refractivity contribution in [2.45, 2.75) is 31.2 Å². The monoisotopic (exact) mass is 304 g/mol. The van der Waals surface area contributed by atoms with Crippen molar-refractivity contribution in [3.63, 3.8) is 0 Å². The minimum atomic E-state index is 0.0203. The van der Waals surface area contributed by atoms with Gasteiger partial charge in [-0.2, -0.15) is 0 Å². The number of benzene rings is 1. The highest BCUT2D eigenvalue weighted by Crippen LogP contribution is 2.35. The SMILES string of the molecule is C[C@@H]1C[C@H](C)N(C(=O)CN2C(=O)CSc3ccccc32)C1. The molecule has 1 aromatic rings. The summed E-state index contributed by atoms with van der Waals surface area (Å²) in [6, 6.07) is 8.08. The van der Waals surface area contributed by atoms with Gasteiger partial charge in [-0.05, 0) is 31.4 Å². The molecule has 112 valence electrons. The van der Waals surface area contributed by atoms with Crippen molar-refractivity contribution >= 4 is 29.3 Å². The number of hydrogen-bond acceptors (Lipinski definition) is 3. The molecule has 0 unspecified atom stereocenters. The van der Waals surface area contributed by atoms with Crippen LogP contribution in [0.4, 0.5) is 5.69 Å². The Morgan fingerprint density at radius 3 is 2.81 bits per heavy atom. The minimum Gasteiger partial charge on any atom is -0.338 e. The number of thioether (sulfide) groups is 1. The standard InChI is InChI=1S/C16H20N2O2S/c1-11-7-12(2)17(8-11)15(19)9-18-13-5-3-4-6-14(13)21-10-16(18)20/h3-6,11-12H,7-10H2,1-2H3/t11-,12+/m1/s1. The number of nitrogens with zero attached hydrogens (tertiary/aromatic N) is 2. The van der Waals surface area contributed by atoms with E-state index in [4.69, 9.17) is 0 Å². The van der Waals surface area contributed by atoms with Gasteiger partial charge >= 0.3 is 0 Å². The first-order valence-corrected chi connectivity index (χ1v) is 8.36. The molecule has 1 fully saturated rings. The molecule has 2 atom stereocenters. The summed E-state index contributed by atoms with van der Waals surface area (Å²) in [6.45, 7) is 5.22. The highest BCUT2D eigenvalue weighted by molar-refractivity contribution is 8.00. The molecule has 0 spiro atoms. The zero-order chi connectivity index (χ0) is 15.0. The van der Waals surface area contributed by atoms with Gasteiger partial charge in [0.2, 0.25) is 11.8 Å². The van der Waals surface area contributed by atoms with E-state index in [1.807, 2.05) is 29.2 Å². The van der Waals surface area contributed by atoms with Crippen LogP contribution in [0, 0.1) is 5.92 Å². The second-order valence-electron chi connectivity index (χ2n) is 5.97. The van der Waals surface area contributed by atoms with E-state index >= 15 is 0 Å². The molecule has 21 heavy (non-hydrogen) atoms. The van der Waals surface area contributed by atoms with Crippen molar-refractivity contribution in [1.29, 1.82) is 0 Å². The fourth-order valence-electron chi connectivity index (χ4n) is 3.20. The second kappa shape index (κ2) is 5.72. The number of hydrogen-bond donors (Lipinski definition) is 0. The predicted molar refractivity (Wildman–Crippen MR) is 84.5 cm³/mol. The third-order valence-electron chi connectivity index (χ3n) is 4.21. The van der Waals surface area contributed by atoms with Gasteiger partial charge in [0, 0.05) is 17.5 Å². The molecule has 0 radical (unpaired) electrons. The first-order chi connectivity index (χ1) is 10.1. The summed E-state index contributed by atoms with van der Waals surface area (Å²) in [7, 11) is 0. The fourth-order valence-corrected chi connectivity index (χ4v) is 4.14. The Morgan fingerprint density at radius 2 is 2.10 bits per heavy atom. The van der Waals surface area contributed by atoms with Gasteiger partial charge in [-0.3, -0.25) is 9.59 Å². The smallest absolute Gasteiger partial charge is 0.242 e. The maximum atomic E-state index is 12.6. The van der Waals surface area contributed by atoms with Crippen LogP contribution >= 0.6 is 11.8 Å². The zero-order valence-corrected chi connectivity index (χ0v) is 13.2. The molecule has 0 saturated carbocycles. The maximum Gasteiger partial charge on any atom is 0.242 e. The molecular weight excluding hydrogens is 284 g/mol. The molecule has 5 heteroatoms. The van der Waals surface area contributed by atoms with Crippen LogP contribution in [0.25, 0.3) is 0 Å². The summed E-state index contributed by atoms with van der Waals surface area (Å²) < 4.78 is 0. The van der Waals surface area contributed by atoms with Crippen LogP contribution in [0.1, 0.15) is 20.3 Å². The van der Waals surface area contributed by atoms with E-state index in [1.54, 1.807) is 16.7 Å². The van der Waals surface area contributed by atoms with Crippen LogP contribution in [0.15, 0.2) is 29.2 Å². The Bertz CT molecular complexity index is 575. The van der Waals surface area contributed by atoms with Crippen molar-refractivity contribution in [1.82, 2.24) is 4.90 Å². The molecule has 2 aliphatic rings. The Hall–Kier alpha value is -1.49. The molecule has 0 N–H and O–H groups in total. The highest BCUT2D eigenvalue weighted by Gasteiger charge is 2.33. The van der Waals surface area contributed by atoms with E-state index in [0.29, 0.717) is 11.7 Å². The number of anilines is 1. The Balaban J connectivity index is 1.78. The summed E-state index contributed by atoms with van der Waals surface area (Å²) >= 11 is 1.54. The quantitative estimate of drug-likeness (QED) is 0.842. The van der Waals surface area contributed by atoms with Crippen LogP contribution in [0.5, 0.6) is 0 Å². The van der Waals surface area contributed by atoms with Gasteiger partial charge in [0.25, 0.3) is 0 Å². The van der Waals surface area contributed by atoms with Gasteiger partial charge in [-0.15, -0.1) is 11.8 Å². The maximum absolute atomic E-state index is 12.6. The van der Waals surface area contributed by atoms with Crippen LogP contribution in [-0.2, 0) is 9.59 Å². The molecule has 0 bridgehead atoms. The summed E-state index contributed by atoms with van der Waals surface area (Å²) in [5, 5.41) is 0. The lowest BCUT2D eigenvalue weighted by atomic mass is 10.1. The molecule has 0 aromatic heterocycles. The van der Waals surface area contributed by atoms with Crippen molar-refractivity contribution in [3.8, 4) is 0 Å². The number of rotatable bonds is 2. The lowest BCUT2D eigenvalue weighted by molar-refractivity contribution is -0.131. The average molecular weight is 304 g/mol. The molecular formula is C16H20N2O2S. The minimum absolute atomic E-state index is 0.0203. The predicted octanol–water partition coefficient (Wildman–Crippen LogP) is 2.38. The first kappa shape index (κ1) is 14.4. The Labute approximate surface area is 129 Å². The molecule has 4 nitrogen and oxygen atoms in total. The van der Waals surface area contributed by atoms with E-state index < -0.39 is 0 Å². The summed E-state index contributed by atoms with van der Waals surface area (Å²) in [4.78, 5) is 29.4. The second-order valence-corrected chi connectivity index (χ2v) is 6.99. The van der Waals surface area contributed by atoms with E-state index in [-0.39, 0.29) is 24.4 Å². The van der Waals surface area contributed by atoms with Gasteiger partial charge in [0.15, 0.2) is 0 Å². The van der Waals surface area contributed by atoms with Crippen molar-refractivity contribution in [3.05, 3.63) is 24.3 Å². The average Bonchev–Trinajstić information content (AvgIpc) is 2.81. The summed E-state index contributed by atoms with van der Waals surface area (Å²) in [5.41, 5.74) is 0.868. The zero-order valence-electron chi connectivity index (χ0n) is 12.4. The largest absolute Gasteiger partial charge is 0.338 e. The highest BCUT2D eigenvalue weighted by atomic mass is 32.2. The summed E-state index contributed by atoms with van der Waals surface area (Å²) in [5.74, 6) is 1.04.